The van der Waals surface area contributed by atoms with Crippen molar-refractivity contribution in [2.75, 3.05) is 25.4 Å². The highest BCUT2D eigenvalue weighted by Crippen LogP contribution is 2.25. The summed E-state index contributed by atoms with van der Waals surface area (Å²) in [7, 11) is -3.14. The molecule has 0 radical (unpaired) electrons. The molecule has 2 aromatic heterocycles. The van der Waals surface area contributed by atoms with Crippen molar-refractivity contribution in [3.63, 3.8) is 0 Å². The predicted octanol–water partition coefficient (Wildman–Crippen LogP) is 0.256. The Morgan fingerprint density at radius 1 is 1.50 bits per heavy atom. The molecule has 0 spiro atoms. The number of nitrogens with zero attached hydrogens (tertiary/aromatic N) is 4. The molecule has 9 nitrogen and oxygen atoms in total. The second-order valence-electron chi connectivity index (χ2n) is 5.31. The van der Waals surface area contributed by atoms with Crippen molar-refractivity contribution < 1.29 is 13.2 Å². The molecule has 130 valence electrons. The first-order valence-electron chi connectivity index (χ1n) is 7.62. The van der Waals surface area contributed by atoms with Crippen molar-refractivity contribution >= 4 is 27.3 Å². The molecular weight excluding hydrogens is 352 g/mol. The highest BCUT2D eigenvalue weighted by Gasteiger charge is 2.27. The largest absolute Gasteiger partial charge is 0.350 e. The molecule has 0 aliphatic carbocycles. The zero-order valence-electron chi connectivity index (χ0n) is 13.2. The Morgan fingerprint density at radius 2 is 2.33 bits per heavy atom. The maximum atomic E-state index is 12.4. The van der Waals surface area contributed by atoms with Gasteiger partial charge in [0.1, 0.15) is 11.2 Å². The number of amides is 1. The van der Waals surface area contributed by atoms with Crippen LogP contribution in [0.4, 0.5) is 0 Å². The van der Waals surface area contributed by atoms with Crippen molar-refractivity contribution in [2.24, 2.45) is 0 Å². The van der Waals surface area contributed by atoms with E-state index in [1.165, 1.54) is 22.0 Å². The van der Waals surface area contributed by atoms with Crippen LogP contribution >= 0.6 is 11.3 Å². The third-order valence-corrected chi connectivity index (χ3v) is 6.77. The van der Waals surface area contributed by atoms with Gasteiger partial charge in [-0.2, -0.15) is 5.10 Å². The van der Waals surface area contributed by atoms with Crippen LogP contribution in [-0.4, -0.2) is 64.2 Å². The molecule has 0 unspecified atom stereocenters. The molecule has 0 saturated carbocycles. The monoisotopic (exact) mass is 370 g/mol. The van der Waals surface area contributed by atoms with Crippen LogP contribution in [0, 0.1) is 0 Å². The third-order valence-electron chi connectivity index (χ3n) is 3.71. The Hall–Kier alpha value is -1.85. The fourth-order valence-corrected chi connectivity index (χ4v) is 5.04. The van der Waals surface area contributed by atoms with Gasteiger partial charge in [0.2, 0.25) is 10.0 Å². The van der Waals surface area contributed by atoms with E-state index in [4.69, 9.17) is 0 Å². The van der Waals surface area contributed by atoms with Crippen LogP contribution in [0.2, 0.25) is 0 Å². The number of carbonyl (C=O) groups is 1. The minimum atomic E-state index is -3.14. The molecule has 1 fully saturated rings. The van der Waals surface area contributed by atoms with Crippen LogP contribution in [0.25, 0.3) is 10.8 Å². The van der Waals surface area contributed by atoms with Crippen LogP contribution in [-0.2, 0) is 16.4 Å². The van der Waals surface area contributed by atoms with Crippen molar-refractivity contribution in [3.05, 3.63) is 16.9 Å². The predicted molar refractivity (Wildman–Crippen MR) is 89.2 cm³/mol. The molecular formula is C13H18N6O3S2. The van der Waals surface area contributed by atoms with Crippen LogP contribution in [0.5, 0.6) is 0 Å². The van der Waals surface area contributed by atoms with E-state index in [0.29, 0.717) is 47.3 Å². The molecule has 3 heterocycles. The van der Waals surface area contributed by atoms with Crippen molar-refractivity contribution in [1.29, 1.82) is 0 Å². The zero-order chi connectivity index (χ0) is 17.2. The van der Waals surface area contributed by atoms with Gasteiger partial charge in [-0.05, 0) is 12.8 Å². The summed E-state index contributed by atoms with van der Waals surface area (Å²) in [4.78, 5) is 21.4. The smallest absolute Gasteiger partial charge is 0.263 e. The van der Waals surface area contributed by atoms with E-state index in [1.807, 2.05) is 6.92 Å². The molecule has 3 rings (SSSR count). The number of aromatic nitrogens is 4. The summed E-state index contributed by atoms with van der Waals surface area (Å²) in [5, 5.41) is 9.90. The lowest BCUT2D eigenvalue weighted by Crippen LogP contribution is -2.35. The summed E-state index contributed by atoms with van der Waals surface area (Å²) in [6.07, 6.45) is 2.65. The Kier molecular flexibility index (Phi) is 4.92. The summed E-state index contributed by atoms with van der Waals surface area (Å²) < 4.78 is 24.9. The summed E-state index contributed by atoms with van der Waals surface area (Å²) in [6.45, 7) is 3.02. The number of aromatic amines is 1. The number of H-pyrrole nitrogens is 1. The first-order chi connectivity index (χ1) is 11.5. The maximum Gasteiger partial charge on any atom is 0.263 e. The molecule has 2 N–H and O–H groups in total. The van der Waals surface area contributed by atoms with Gasteiger partial charge in [-0.25, -0.2) is 22.7 Å². The lowest BCUT2D eigenvalue weighted by Gasteiger charge is -2.14. The minimum absolute atomic E-state index is 0.191. The van der Waals surface area contributed by atoms with Gasteiger partial charge >= 0.3 is 0 Å². The Bertz CT molecular complexity index is 815. The zero-order valence-corrected chi connectivity index (χ0v) is 14.8. The van der Waals surface area contributed by atoms with E-state index in [1.54, 1.807) is 0 Å². The molecule has 0 bridgehead atoms. The van der Waals surface area contributed by atoms with Gasteiger partial charge in [-0.15, -0.1) is 11.3 Å². The van der Waals surface area contributed by atoms with E-state index in [2.05, 4.69) is 25.5 Å². The standard InChI is InChI=1S/C13H18N6O3S2/c1-2-9-10(23-13(17-9)11-15-8-16-18-11)12(20)14-4-6-19-5-3-7-24(19,21)22/h8H,2-7H2,1H3,(H,14,20)(H,15,16,18). The Balaban J connectivity index is 1.64. The van der Waals surface area contributed by atoms with Crippen molar-refractivity contribution in [1.82, 2.24) is 29.8 Å². The van der Waals surface area contributed by atoms with Crippen LogP contribution in [0.1, 0.15) is 28.7 Å². The van der Waals surface area contributed by atoms with E-state index in [0.717, 1.165) is 0 Å². The van der Waals surface area contributed by atoms with E-state index in [-0.39, 0.29) is 18.2 Å². The molecule has 2 aromatic rings. The lowest BCUT2D eigenvalue weighted by molar-refractivity contribution is 0.0955. The maximum absolute atomic E-state index is 12.4. The second kappa shape index (κ2) is 6.95. The topological polar surface area (TPSA) is 121 Å². The van der Waals surface area contributed by atoms with Gasteiger partial charge in [0.05, 0.1) is 11.4 Å². The highest BCUT2D eigenvalue weighted by molar-refractivity contribution is 7.89. The van der Waals surface area contributed by atoms with Gasteiger partial charge in [-0.3, -0.25) is 9.89 Å². The number of carbonyl (C=O) groups excluding carboxylic acids is 1. The van der Waals surface area contributed by atoms with Crippen molar-refractivity contribution in [3.8, 4) is 10.8 Å². The van der Waals surface area contributed by atoms with Crippen molar-refractivity contribution in [2.45, 2.75) is 19.8 Å². The average molecular weight is 370 g/mol. The number of hydrogen-bond donors (Lipinski definition) is 2. The normalized spacial score (nSPS) is 17.2. The number of aryl methyl sites for hydroxylation is 1. The number of thiazole rings is 1. The highest BCUT2D eigenvalue weighted by atomic mass is 32.2. The molecule has 1 amide bonds. The van der Waals surface area contributed by atoms with Gasteiger partial charge < -0.3 is 5.32 Å². The van der Waals surface area contributed by atoms with Gasteiger partial charge in [0, 0.05) is 19.6 Å². The first kappa shape index (κ1) is 17.0. The molecule has 11 heteroatoms. The molecule has 24 heavy (non-hydrogen) atoms. The van der Waals surface area contributed by atoms with Crippen LogP contribution < -0.4 is 5.32 Å². The molecule has 0 aromatic carbocycles. The Labute approximate surface area is 143 Å². The number of rotatable bonds is 6. The summed E-state index contributed by atoms with van der Waals surface area (Å²) in [5.41, 5.74) is 0.692. The molecule has 1 aliphatic rings. The number of hydrogen-bond acceptors (Lipinski definition) is 7. The summed E-state index contributed by atoms with van der Waals surface area (Å²) >= 11 is 1.24. The van der Waals surface area contributed by atoms with E-state index in [9.17, 15) is 13.2 Å². The summed E-state index contributed by atoms with van der Waals surface area (Å²) in [6, 6.07) is 0. The van der Waals surface area contributed by atoms with Crippen LogP contribution in [0.3, 0.4) is 0 Å². The van der Waals surface area contributed by atoms with Gasteiger partial charge in [0.25, 0.3) is 5.91 Å². The first-order valence-corrected chi connectivity index (χ1v) is 10.1. The Morgan fingerprint density at radius 3 is 2.96 bits per heavy atom. The average Bonchev–Trinajstić information content (AvgIpc) is 3.26. The van der Waals surface area contributed by atoms with E-state index < -0.39 is 10.0 Å². The number of nitrogens with one attached hydrogen (secondary N) is 2. The van der Waals surface area contributed by atoms with Gasteiger partial charge in [0.15, 0.2) is 10.8 Å². The molecule has 0 atom stereocenters. The van der Waals surface area contributed by atoms with E-state index >= 15 is 0 Å². The van der Waals surface area contributed by atoms with Crippen LogP contribution in [0.15, 0.2) is 6.33 Å². The lowest BCUT2D eigenvalue weighted by atomic mass is 10.3. The van der Waals surface area contributed by atoms with Gasteiger partial charge in [-0.1, -0.05) is 6.92 Å². The molecule has 1 saturated heterocycles. The summed E-state index contributed by atoms with van der Waals surface area (Å²) in [5.74, 6) is 0.472. The molecule has 1 aliphatic heterocycles. The SMILES string of the molecule is CCc1nc(-c2ncn[nH]2)sc1C(=O)NCCN1CCCS1(=O)=O. The fraction of sp³-hybridized carbons (Fsp3) is 0.538. The fourth-order valence-electron chi connectivity index (χ4n) is 2.50. The quantitative estimate of drug-likeness (QED) is 0.752. The number of sulfonamides is 1. The second-order valence-corrected chi connectivity index (χ2v) is 8.39. The minimum Gasteiger partial charge on any atom is -0.350 e. The third kappa shape index (κ3) is 3.47.